The Labute approximate surface area is 138 Å². The van der Waals surface area contributed by atoms with Crippen LogP contribution in [0.25, 0.3) is 0 Å². The molecule has 0 bridgehead atoms. The Hall–Kier alpha value is -0.310. The minimum Gasteiger partial charge on any atom is -0.350 e. The van der Waals surface area contributed by atoms with Crippen molar-refractivity contribution >= 4 is 27.9 Å². The standard InChI is InChI=1S/C14H27N3O3S2/c1-11-6-5-7-16(8-11)22(19,20)17-10-21-9-12(17)13(18)15-14(2,3)4/h11-12H,5-10H2,1-4H3,(H,15,18)/t11-,12-/m0/s1. The molecular weight excluding hydrogens is 322 g/mol. The quantitative estimate of drug-likeness (QED) is 0.833. The van der Waals surface area contributed by atoms with Crippen LogP contribution >= 0.6 is 11.8 Å². The van der Waals surface area contributed by atoms with Crippen LogP contribution in [0.5, 0.6) is 0 Å². The van der Waals surface area contributed by atoms with E-state index in [9.17, 15) is 13.2 Å². The Morgan fingerprint density at radius 3 is 2.59 bits per heavy atom. The molecule has 2 fully saturated rings. The Kier molecular flexibility index (Phi) is 5.46. The molecular formula is C14H27N3O3S2. The third-order valence-corrected chi connectivity index (χ3v) is 7.02. The summed E-state index contributed by atoms with van der Waals surface area (Å²) in [5.41, 5.74) is -0.362. The maximum Gasteiger partial charge on any atom is 0.283 e. The fourth-order valence-corrected chi connectivity index (χ4v) is 6.28. The minimum atomic E-state index is -3.56. The molecule has 0 aliphatic carbocycles. The highest BCUT2D eigenvalue weighted by Gasteiger charge is 2.43. The first-order valence-corrected chi connectivity index (χ1v) is 10.3. The monoisotopic (exact) mass is 349 g/mol. The van der Waals surface area contributed by atoms with E-state index in [0.717, 1.165) is 12.8 Å². The number of thioether (sulfide) groups is 1. The van der Waals surface area contributed by atoms with Crippen LogP contribution in [0.2, 0.25) is 0 Å². The average molecular weight is 350 g/mol. The molecule has 0 aromatic carbocycles. The van der Waals surface area contributed by atoms with Crippen LogP contribution in [0, 0.1) is 5.92 Å². The topological polar surface area (TPSA) is 69.7 Å². The fourth-order valence-electron chi connectivity index (χ4n) is 2.82. The highest BCUT2D eigenvalue weighted by Crippen LogP contribution is 2.29. The second-order valence-corrected chi connectivity index (χ2v) is 10.1. The highest BCUT2D eigenvalue weighted by molar-refractivity contribution is 8.00. The number of hydrogen-bond acceptors (Lipinski definition) is 4. The van der Waals surface area contributed by atoms with Gasteiger partial charge in [-0.1, -0.05) is 6.92 Å². The molecule has 0 unspecified atom stereocenters. The van der Waals surface area contributed by atoms with Gasteiger partial charge in [0, 0.05) is 24.4 Å². The van der Waals surface area contributed by atoms with Gasteiger partial charge < -0.3 is 5.32 Å². The van der Waals surface area contributed by atoms with E-state index >= 15 is 0 Å². The van der Waals surface area contributed by atoms with E-state index in [1.54, 1.807) is 4.31 Å². The molecule has 8 heteroatoms. The zero-order chi connectivity index (χ0) is 16.5. The van der Waals surface area contributed by atoms with Gasteiger partial charge in [-0.2, -0.15) is 17.0 Å². The van der Waals surface area contributed by atoms with Crippen LogP contribution in [0.15, 0.2) is 0 Å². The van der Waals surface area contributed by atoms with E-state index in [0.29, 0.717) is 30.6 Å². The van der Waals surface area contributed by atoms with E-state index in [1.165, 1.54) is 16.1 Å². The van der Waals surface area contributed by atoms with Gasteiger partial charge in [0.05, 0.1) is 5.88 Å². The van der Waals surface area contributed by atoms with Crippen molar-refractivity contribution in [1.29, 1.82) is 0 Å². The molecule has 2 atom stereocenters. The van der Waals surface area contributed by atoms with Crippen molar-refractivity contribution in [3.8, 4) is 0 Å². The number of amides is 1. The van der Waals surface area contributed by atoms with Gasteiger partial charge in [-0.25, -0.2) is 0 Å². The summed E-state index contributed by atoms with van der Waals surface area (Å²) in [5, 5.41) is 2.90. The molecule has 22 heavy (non-hydrogen) atoms. The molecule has 2 saturated heterocycles. The molecule has 1 amide bonds. The van der Waals surface area contributed by atoms with Crippen LogP contribution in [-0.4, -0.2) is 59.2 Å². The van der Waals surface area contributed by atoms with Gasteiger partial charge in [0.1, 0.15) is 6.04 Å². The van der Waals surface area contributed by atoms with Crippen molar-refractivity contribution in [2.45, 2.75) is 52.1 Å². The lowest BCUT2D eigenvalue weighted by atomic mass is 10.0. The molecule has 0 aromatic rings. The van der Waals surface area contributed by atoms with Crippen molar-refractivity contribution in [2.75, 3.05) is 24.7 Å². The minimum absolute atomic E-state index is 0.203. The number of carbonyl (C=O) groups is 1. The van der Waals surface area contributed by atoms with E-state index in [1.807, 2.05) is 20.8 Å². The Balaban J connectivity index is 2.13. The summed E-state index contributed by atoms with van der Waals surface area (Å²) in [7, 11) is -3.56. The Morgan fingerprint density at radius 1 is 1.32 bits per heavy atom. The molecule has 0 saturated carbocycles. The predicted octanol–water partition coefficient (Wildman–Crippen LogP) is 1.25. The zero-order valence-electron chi connectivity index (χ0n) is 13.8. The van der Waals surface area contributed by atoms with Gasteiger partial charge in [-0.05, 0) is 39.5 Å². The second-order valence-electron chi connectivity index (χ2n) is 7.26. The van der Waals surface area contributed by atoms with Gasteiger partial charge in [-0.15, -0.1) is 11.8 Å². The van der Waals surface area contributed by atoms with Gasteiger partial charge in [0.15, 0.2) is 0 Å². The maximum absolute atomic E-state index is 12.9. The molecule has 2 aliphatic heterocycles. The number of nitrogens with one attached hydrogen (secondary N) is 1. The molecule has 2 aliphatic rings. The molecule has 2 rings (SSSR count). The van der Waals surface area contributed by atoms with Crippen molar-refractivity contribution in [1.82, 2.24) is 13.9 Å². The average Bonchev–Trinajstić information content (AvgIpc) is 2.86. The number of piperidine rings is 1. The van der Waals surface area contributed by atoms with Crippen LogP contribution < -0.4 is 5.32 Å². The van der Waals surface area contributed by atoms with Crippen LogP contribution in [0.4, 0.5) is 0 Å². The van der Waals surface area contributed by atoms with Crippen molar-refractivity contribution in [3.05, 3.63) is 0 Å². The summed E-state index contributed by atoms with van der Waals surface area (Å²) in [6, 6.07) is -0.605. The normalized spacial score (nSPS) is 28.7. The largest absolute Gasteiger partial charge is 0.350 e. The lowest BCUT2D eigenvalue weighted by Gasteiger charge is -2.35. The van der Waals surface area contributed by atoms with Gasteiger partial charge in [0.25, 0.3) is 10.2 Å². The molecule has 0 aromatic heterocycles. The number of nitrogens with zero attached hydrogens (tertiary/aromatic N) is 2. The third-order valence-electron chi connectivity index (χ3n) is 3.89. The fraction of sp³-hybridized carbons (Fsp3) is 0.929. The lowest BCUT2D eigenvalue weighted by Crippen LogP contribution is -2.56. The number of rotatable bonds is 3. The van der Waals surface area contributed by atoms with Gasteiger partial charge >= 0.3 is 0 Å². The molecule has 128 valence electrons. The summed E-state index contributed by atoms with van der Waals surface area (Å²) >= 11 is 1.50. The Bertz CT molecular complexity index is 516. The summed E-state index contributed by atoms with van der Waals surface area (Å²) in [5.74, 6) is 1.05. The smallest absolute Gasteiger partial charge is 0.283 e. The highest BCUT2D eigenvalue weighted by atomic mass is 32.2. The molecule has 1 N–H and O–H groups in total. The summed E-state index contributed by atoms with van der Waals surface area (Å²) < 4.78 is 28.7. The van der Waals surface area contributed by atoms with Crippen LogP contribution in [0.3, 0.4) is 0 Å². The number of hydrogen-bond donors (Lipinski definition) is 1. The first kappa shape index (κ1) is 18.0. The van der Waals surface area contributed by atoms with Crippen LogP contribution in [-0.2, 0) is 15.0 Å². The SMILES string of the molecule is C[C@H]1CCCN(S(=O)(=O)N2CSC[C@H]2C(=O)NC(C)(C)C)C1. The zero-order valence-corrected chi connectivity index (χ0v) is 15.5. The van der Waals surface area contributed by atoms with E-state index < -0.39 is 16.3 Å². The van der Waals surface area contributed by atoms with E-state index in [2.05, 4.69) is 12.2 Å². The van der Waals surface area contributed by atoms with Crippen molar-refractivity contribution in [2.24, 2.45) is 5.92 Å². The molecule has 6 nitrogen and oxygen atoms in total. The summed E-state index contributed by atoms with van der Waals surface area (Å²) in [6.07, 6.45) is 1.95. The molecule has 0 radical (unpaired) electrons. The summed E-state index contributed by atoms with van der Waals surface area (Å²) in [4.78, 5) is 12.4. The maximum atomic E-state index is 12.9. The summed E-state index contributed by atoms with van der Waals surface area (Å²) in [6.45, 7) is 8.89. The van der Waals surface area contributed by atoms with Gasteiger partial charge in [0.2, 0.25) is 5.91 Å². The van der Waals surface area contributed by atoms with E-state index in [4.69, 9.17) is 0 Å². The molecule has 0 spiro atoms. The third kappa shape index (κ3) is 4.15. The predicted molar refractivity (Wildman–Crippen MR) is 89.7 cm³/mol. The molecule has 2 heterocycles. The second kappa shape index (κ2) is 6.67. The van der Waals surface area contributed by atoms with Gasteiger partial charge in [-0.3, -0.25) is 4.79 Å². The first-order chi connectivity index (χ1) is 10.1. The van der Waals surface area contributed by atoms with Crippen LogP contribution in [0.1, 0.15) is 40.5 Å². The van der Waals surface area contributed by atoms with E-state index in [-0.39, 0.29) is 11.4 Å². The van der Waals surface area contributed by atoms with Crippen molar-refractivity contribution < 1.29 is 13.2 Å². The number of carbonyl (C=O) groups excluding carboxylic acids is 1. The Morgan fingerprint density at radius 2 is 2.00 bits per heavy atom. The lowest BCUT2D eigenvalue weighted by molar-refractivity contribution is -0.125. The van der Waals surface area contributed by atoms with Crippen molar-refractivity contribution in [3.63, 3.8) is 0 Å². The first-order valence-electron chi connectivity index (χ1n) is 7.78.